The summed E-state index contributed by atoms with van der Waals surface area (Å²) >= 11 is 0. The maximum absolute atomic E-state index is 11.8. The van der Waals surface area contributed by atoms with E-state index in [2.05, 4.69) is 0 Å². The van der Waals surface area contributed by atoms with Crippen molar-refractivity contribution < 1.29 is 14.3 Å². The van der Waals surface area contributed by atoms with Crippen LogP contribution in [0.1, 0.15) is 39.0 Å². The van der Waals surface area contributed by atoms with E-state index in [0.29, 0.717) is 0 Å². The monoisotopic (exact) mass is 213 g/mol. The number of Topliss-reactive ketones (excluding diaryl/α,β-unsaturated/α-hetero) is 1. The second kappa shape index (κ2) is 5.85. The van der Waals surface area contributed by atoms with E-state index in [9.17, 15) is 9.59 Å². The SMILES string of the molecule is CCOC(=O)C(N)C(=O)C1CCCCC1. The van der Waals surface area contributed by atoms with Crippen molar-refractivity contribution in [3.8, 4) is 0 Å². The molecule has 0 aromatic heterocycles. The molecule has 0 heterocycles. The summed E-state index contributed by atoms with van der Waals surface area (Å²) in [6, 6.07) is -1.08. The van der Waals surface area contributed by atoms with Crippen molar-refractivity contribution in [3.05, 3.63) is 0 Å². The van der Waals surface area contributed by atoms with E-state index in [1.807, 2.05) is 0 Å². The van der Waals surface area contributed by atoms with Crippen molar-refractivity contribution in [3.63, 3.8) is 0 Å². The third-order valence-electron chi connectivity index (χ3n) is 2.85. The van der Waals surface area contributed by atoms with Crippen LogP contribution in [0.2, 0.25) is 0 Å². The van der Waals surface area contributed by atoms with Gasteiger partial charge in [0.25, 0.3) is 0 Å². The molecule has 0 amide bonds. The quantitative estimate of drug-likeness (QED) is 0.559. The molecule has 2 N–H and O–H groups in total. The summed E-state index contributed by atoms with van der Waals surface area (Å²) in [6.45, 7) is 1.97. The highest BCUT2D eigenvalue weighted by atomic mass is 16.5. The zero-order valence-electron chi connectivity index (χ0n) is 9.20. The summed E-state index contributed by atoms with van der Waals surface area (Å²) in [6.07, 6.45) is 5.04. The van der Waals surface area contributed by atoms with Gasteiger partial charge in [-0.25, -0.2) is 4.79 Å². The van der Waals surface area contributed by atoms with Crippen LogP contribution in [-0.4, -0.2) is 24.4 Å². The Bertz CT molecular complexity index is 234. The number of carbonyl (C=O) groups is 2. The summed E-state index contributed by atoms with van der Waals surface area (Å²) in [5.41, 5.74) is 5.55. The van der Waals surface area contributed by atoms with Gasteiger partial charge in [-0.2, -0.15) is 0 Å². The normalized spacial score (nSPS) is 19.6. The van der Waals surface area contributed by atoms with Crippen LogP contribution >= 0.6 is 0 Å². The minimum Gasteiger partial charge on any atom is -0.464 e. The van der Waals surface area contributed by atoms with Crippen LogP contribution in [0, 0.1) is 5.92 Å². The van der Waals surface area contributed by atoms with Crippen molar-refractivity contribution in [1.29, 1.82) is 0 Å². The summed E-state index contributed by atoms with van der Waals surface area (Å²) in [7, 11) is 0. The van der Waals surface area contributed by atoms with Crippen LogP contribution in [0.5, 0.6) is 0 Å². The van der Waals surface area contributed by atoms with Gasteiger partial charge in [0.2, 0.25) is 0 Å². The van der Waals surface area contributed by atoms with E-state index in [1.165, 1.54) is 6.42 Å². The molecule has 86 valence electrons. The van der Waals surface area contributed by atoms with Gasteiger partial charge in [-0.15, -0.1) is 0 Å². The van der Waals surface area contributed by atoms with E-state index >= 15 is 0 Å². The fraction of sp³-hybridized carbons (Fsp3) is 0.818. The average Bonchev–Trinajstić information content (AvgIpc) is 2.28. The van der Waals surface area contributed by atoms with Crippen LogP contribution in [-0.2, 0) is 14.3 Å². The summed E-state index contributed by atoms with van der Waals surface area (Å²) in [5, 5.41) is 0. The second-order valence-electron chi connectivity index (χ2n) is 3.97. The highest BCUT2D eigenvalue weighted by Gasteiger charge is 2.30. The Morgan fingerprint density at radius 1 is 1.33 bits per heavy atom. The summed E-state index contributed by atoms with van der Waals surface area (Å²) in [4.78, 5) is 23.0. The van der Waals surface area contributed by atoms with Crippen LogP contribution in [0.3, 0.4) is 0 Å². The van der Waals surface area contributed by atoms with Crippen molar-refractivity contribution in [2.45, 2.75) is 45.1 Å². The minimum atomic E-state index is -1.08. The van der Waals surface area contributed by atoms with E-state index in [0.717, 1.165) is 25.7 Å². The number of esters is 1. The molecule has 0 spiro atoms. The zero-order valence-corrected chi connectivity index (χ0v) is 9.20. The molecule has 4 heteroatoms. The largest absolute Gasteiger partial charge is 0.464 e. The van der Waals surface area contributed by atoms with Crippen molar-refractivity contribution in [2.24, 2.45) is 11.7 Å². The van der Waals surface area contributed by atoms with Gasteiger partial charge in [0.05, 0.1) is 6.61 Å². The summed E-state index contributed by atoms with van der Waals surface area (Å²) in [5.74, 6) is -0.764. The van der Waals surface area contributed by atoms with Gasteiger partial charge in [0, 0.05) is 5.92 Å². The molecule has 1 saturated carbocycles. The van der Waals surface area contributed by atoms with Crippen molar-refractivity contribution in [2.75, 3.05) is 6.61 Å². The Morgan fingerprint density at radius 3 is 2.47 bits per heavy atom. The molecule has 1 unspecified atom stereocenters. The van der Waals surface area contributed by atoms with Crippen LogP contribution in [0.15, 0.2) is 0 Å². The molecule has 0 aromatic carbocycles. The third kappa shape index (κ3) is 3.30. The lowest BCUT2D eigenvalue weighted by Crippen LogP contribution is -2.43. The van der Waals surface area contributed by atoms with Gasteiger partial charge in [0.15, 0.2) is 11.8 Å². The topological polar surface area (TPSA) is 69.4 Å². The highest BCUT2D eigenvalue weighted by molar-refractivity contribution is 6.03. The maximum atomic E-state index is 11.8. The molecule has 0 bridgehead atoms. The van der Waals surface area contributed by atoms with E-state index in [1.54, 1.807) is 6.92 Å². The Labute approximate surface area is 90.2 Å². The summed E-state index contributed by atoms with van der Waals surface area (Å²) < 4.78 is 4.73. The minimum absolute atomic E-state index is 0.0295. The molecular formula is C11H19NO3. The molecule has 1 rings (SSSR count). The van der Waals surface area contributed by atoms with E-state index < -0.39 is 12.0 Å². The number of nitrogens with two attached hydrogens (primary N) is 1. The lowest BCUT2D eigenvalue weighted by molar-refractivity contribution is -0.148. The second-order valence-corrected chi connectivity index (χ2v) is 3.97. The Hall–Kier alpha value is -0.900. The number of ketones is 1. The van der Waals surface area contributed by atoms with Crippen LogP contribution < -0.4 is 5.73 Å². The van der Waals surface area contributed by atoms with Gasteiger partial charge in [0.1, 0.15) is 0 Å². The van der Waals surface area contributed by atoms with E-state index in [-0.39, 0.29) is 18.3 Å². The number of hydrogen-bond acceptors (Lipinski definition) is 4. The lowest BCUT2D eigenvalue weighted by atomic mass is 9.84. The molecule has 1 atom stereocenters. The predicted octanol–water partition coefficient (Wildman–Crippen LogP) is 1.03. The highest BCUT2D eigenvalue weighted by Crippen LogP contribution is 2.25. The zero-order chi connectivity index (χ0) is 11.3. The Kier molecular flexibility index (Phi) is 4.75. The average molecular weight is 213 g/mol. The molecule has 15 heavy (non-hydrogen) atoms. The molecule has 0 saturated heterocycles. The molecule has 1 fully saturated rings. The Morgan fingerprint density at radius 2 is 1.93 bits per heavy atom. The van der Waals surface area contributed by atoms with Crippen molar-refractivity contribution >= 4 is 11.8 Å². The number of ether oxygens (including phenoxy) is 1. The van der Waals surface area contributed by atoms with Gasteiger partial charge in [-0.05, 0) is 19.8 Å². The number of carbonyl (C=O) groups excluding carboxylic acids is 2. The fourth-order valence-electron chi connectivity index (χ4n) is 1.99. The van der Waals surface area contributed by atoms with Gasteiger partial charge < -0.3 is 10.5 Å². The molecule has 1 aliphatic rings. The van der Waals surface area contributed by atoms with Gasteiger partial charge in [-0.3, -0.25) is 4.79 Å². The molecule has 0 aromatic rings. The molecule has 0 aliphatic heterocycles. The Balaban J connectivity index is 2.47. The number of rotatable bonds is 4. The molecule has 0 radical (unpaired) electrons. The molecule has 1 aliphatic carbocycles. The van der Waals surface area contributed by atoms with Gasteiger partial charge in [-0.1, -0.05) is 19.3 Å². The molecular weight excluding hydrogens is 194 g/mol. The van der Waals surface area contributed by atoms with E-state index in [4.69, 9.17) is 10.5 Å². The van der Waals surface area contributed by atoms with Gasteiger partial charge >= 0.3 is 5.97 Å². The molecule has 4 nitrogen and oxygen atoms in total. The first-order valence-corrected chi connectivity index (χ1v) is 5.62. The van der Waals surface area contributed by atoms with Crippen LogP contribution in [0.4, 0.5) is 0 Å². The maximum Gasteiger partial charge on any atom is 0.330 e. The third-order valence-corrected chi connectivity index (χ3v) is 2.85. The van der Waals surface area contributed by atoms with Crippen LogP contribution in [0.25, 0.3) is 0 Å². The predicted molar refractivity (Wildman–Crippen MR) is 56.2 cm³/mol. The first-order valence-electron chi connectivity index (χ1n) is 5.62. The number of hydrogen-bond donors (Lipinski definition) is 1. The standard InChI is InChI=1S/C11H19NO3/c1-2-15-11(14)9(12)10(13)8-6-4-3-5-7-8/h8-9H,2-7,12H2,1H3. The first kappa shape index (κ1) is 12.2. The first-order chi connectivity index (χ1) is 7.16. The lowest BCUT2D eigenvalue weighted by Gasteiger charge is -2.22. The fourth-order valence-corrected chi connectivity index (χ4v) is 1.99. The van der Waals surface area contributed by atoms with Crippen molar-refractivity contribution in [1.82, 2.24) is 0 Å². The smallest absolute Gasteiger partial charge is 0.330 e.